The smallest absolute Gasteiger partial charge is 0.386 e. The van der Waals surface area contributed by atoms with Gasteiger partial charge in [0.1, 0.15) is 0 Å². The lowest BCUT2D eigenvalue weighted by atomic mass is 10.2. The third kappa shape index (κ3) is 5.33. The van der Waals surface area contributed by atoms with Crippen molar-refractivity contribution < 1.29 is 13.2 Å². The molecule has 0 unspecified atom stereocenters. The summed E-state index contributed by atoms with van der Waals surface area (Å²) in [6.07, 6.45) is -2.38. The molecular weight excluding hydrogens is 179 g/mol. The molecule has 1 nitrogen and oxygen atoms in total. The molecule has 0 fully saturated rings. The third-order valence-corrected chi connectivity index (χ3v) is 1.44. The van der Waals surface area contributed by atoms with Gasteiger partial charge in [-0.3, -0.25) is 0 Å². The van der Waals surface area contributed by atoms with Crippen molar-refractivity contribution >= 4 is 0 Å². The molecule has 0 radical (unpaired) electrons. The van der Waals surface area contributed by atoms with Crippen LogP contribution in [0.3, 0.4) is 0 Å². The Kier molecular flexibility index (Phi) is 4.59. The molecular formula is C9H14F3N. The summed E-state index contributed by atoms with van der Waals surface area (Å²) in [7, 11) is 0. The summed E-state index contributed by atoms with van der Waals surface area (Å²) in [5, 5.41) is 2.76. The van der Waals surface area contributed by atoms with Crippen molar-refractivity contribution in [3.8, 4) is 0 Å². The van der Waals surface area contributed by atoms with E-state index >= 15 is 0 Å². The number of hydrogen-bond acceptors (Lipinski definition) is 1. The lowest BCUT2D eigenvalue weighted by Gasteiger charge is -2.08. The standard InChI is InChI=1S/C9H14F3N/c1-4-5-13-8(3)6-7(2)9(10,11)12/h6,13H,3-5H2,1-2H3/b7-6+. The Morgan fingerprint density at radius 2 is 2.00 bits per heavy atom. The van der Waals surface area contributed by atoms with Gasteiger partial charge in [-0.1, -0.05) is 13.5 Å². The van der Waals surface area contributed by atoms with Gasteiger partial charge in [-0.2, -0.15) is 13.2 Å². The minimum absolute atomic E-state index is 0.302. The monoisotopic (exact) mass is 193 g/mol. The molecule has 13 heavy (non-hydrogen) atoms. The van der Waals surface area contributed by atoms with Crippen LogP contribution < -0.4 is 5.32 Å². The summed E-state index contributed by atoms with van der Waals surface area (Å²) in [5.74, 6) is 0. The average Bonchev–Trinajstić information content (AvgIpc) is 1.99. The lowest BCUT2D eigenvalue weighted by Crippen LogP contribution is -2.15. The molecule has 1 N–H and O–H groups in total. The largest absolute Gasteiger partial charge is 0.412 e. The number of alkyl halides is 3. The van der Waals surface area contributed by atoms with E-state index in [2.05, 4.69) is 11.9 Å². The number of halogens is 3. The molecule has 0 aromatic rings. The summed E-state index contributed by atoms with van der Waals surface area (Å²) >= 11 is 0. The normalized spacial score (nSPS) is 12.8. The first-order valence-electron chi connectivity index (χ1n) is 4.06. The fraction of sp³-hybridized carbons (Fsp3) is 0.556. The maximum Gasteiger partial charge on any atom is 0.412 e. The summed E-state index contributed by atoms with van der Waals surface area (Å²) in [6.45, 7) is 7.06. The van der Waals surface area contributed by atoms with Crippen LogP contribution in [0.1, 0.15) is 20.3 Å². The molecule has 0 amide bonds. The van der Waals surface area contributed by atoms with E-state index in [4.69, 9.17) is 0 Å². The first-order chi connectivity index (χ1) is 5.88. The van der Waals surface area contributed by atoms with Crippen LogP contribution in [0.5, 0.6) is 0 Å². The van der Waals surface area contributed by atoms with Gasteiger partial charge < -0.3 is 5.32 Å². The fourth-order valence-corrected chi connectivity index (χ4v) is 0.680. The molecule has 0 atom stereocenters. The van der Waals surface area contributed by atoms with E-state index in [9.17, 15) is 13.2 Å². The van der Waals surface area contributed by atoms with Crippen LogP contribution in [0.4, 0.5) is 13.2 Å². The molecule has 76 valence electrons. The van der Waals surface area contributed by atoms with Gasteiger partial charge in [-0.05, 0) is 19.4 Å². The van der Waals surface area contributed by atoms with Gasteiger partial charge in [-0.25, -0.2) is 0 Å². The number of nitrogens with one attached hydrogen (secondary N) is 1. The van der Waals surface area contributed by atoms with E-state index < -0.39 is 11.7 Å². The van der Waals surface area contributed by atoms with Crippen LogP contribution in [0, 0.1) is 0 Å². The SMILES string of the molecule is C=C(/C=C(\C)C(F)(F)F)NCCC. The van der Waals surface area contributed by atoms with Crippen molar-refractivity contribution in [2.24, 2.45) is 0 Å². The second-order valence-corrected chi connectivity index (χ2v) is 2.78. The number of rotatable bonds is 4. The van der Waals surface area contributed by atoms with E-state index in [0.29, 0.717) is 12.2 Å². The van der Waals surface area contributed by atoms with Crippen molar-refractivity contribution in [1.82, 2.24) is 5.32 Å². The Morgan fingerprint density at radius 3 is 2.38 bits per heavy atom. The van der Waals surface area contributed by atoms with E-state index in [-0.39, 0.29) is 0 Å². The molecule has 0 spiro atoms. The molecule has 0 aliphatic carbocycles. The minimum Gasteiger partial charge on any atom is -0.386 e. The van der Waals surface area contributed by atoms with Crippen LogP contribution in [-0.4, -0.2) is 12.7 Å². The van der Waals surface area contributed by atoms with Crippen molar-refractivity contribution in [3.63, 3.8) is 0 Å². The van der Waals surface area contributed by atoms with Crippen LogP contribution in [0.25, 0.3) is 0 Å². The summed E-state index contributed by atoms with van der Waals surface area (Å²) in [4.78, 5) is 0. The van der Waals surface area contributed by atoms with Gasteiger partial charge in [-0.15, -0.1) is 0 Å². The van der Waals surface area contributed by atoms with E-state index in [1.54, 1.807) is 0 Å². The van der Waals surface area contributed by atoms with Crippen molar-refractivity contribution in [3.05, 3.63) is 23.9 Å². The molecule has 0 saturated heterocycles. The Balaban J connectivity index is 4.15. The predicted molar refractivity (Wildman–Crippen MR) is 47.2 cm³/mol. The second-order valence-electron chi connectivity index (χ2n) is 2.78. The van der Waals surface area contributed by atoms with Crippen molar-refractivity contribution in [2.75, 3.05) is 6.54 Å². The highest BCUT2D eigenvalue weighted by atomic mass is 19.4. The predicted octanol–water partition coefficient (Wildman–Crippen LogP) is 3.01. The van der Waals surface area contributed by atoms with Gasteiger partial charge in [0.25, 0.3) is 0 Å². The second kappa shape index (κ2) is 4.94. The zero-order valence-corrected chi connectivity index (χ0v) is 7.83. The Labute approximate surface area is 76.3 Å². The minimum atomic E-state index is -4.25. The molecule has 0 bridgehead atoms. The van der Waals surface area contributed by atoms with Crippen LogP contribution >= 0.6 is 0 Å². The molecule has 0 aliphatic heterocycles. The molecule has 0 aromatic carbocycles. The zero-order valence-electron chi connectivity index (χ0n) is 7.83. The number of allylic oxidation sites excluding steroid dienone is 2. The topological polar surface area (TPSA) is 12.0 Å². The maximum absolute atomic E-state index is 12.0. The van der Waals surface area contributed by atoms with Crippen molar-refractivity contribution in [2.45, 2.75) is 26.4 Å². The third-order valence-electron chi connectivity index (χ3n) is 1.44. The molecule has 0 aromatic heterocycles. The lowest BCUT2D eigenvalue weighted by molar-refractivity contribution is -0.0913. The van der Waals surface area contributed by atoms with E-state index in [1.165, 1.54) is 0 Å². The highest BCUT2D eigenvalue weighted by Crippen LogP contribution is 2.25. The zero-order chi connectivity index (χ0) is 10.5. The number of hydrogen-bond donors (Lipinski definition) is 1. The van der Waals surface area contributed by atoms with E-state index in [0.717, 1.165) is 19.4 Å². The molecule has 4 heteroatoms. The van der Waals surface area contributed by atoms with Crippen LogP contribution in [0.15, 0.2) is 23.9 Å². The first-order valence-corrected chi connectivity index (χ1v) is 4.06. The Hall–Kier alpha value is -0.930. The van der Waals surface area contributed by atoms with Crippen LogP contribution in [0.2, 0.25) is 0 Å². The van der Waals surface area contributed by atoms with Gasteiger partial charge in [0.2, 0.25) is 0 Å². The molecule has 0 rings (SSSR count). The first kappa shape index (κ1) is 12.1. The Bertz CT molecular complexity index is 203. The van der Waals surface area contributed by atoms with Crippen LogP contribution in [-0.2, 0) is 0 Å². The highest BCUT2D eigenvalue weighted by Gasteiger charge is 2.29. The summed E-state index contributed by atoms with van der Waals surface area (Å²) in [6, 6.07) is 0. The maximum atomic E-state index is 12.0. The summed E-state index contributed by atoms with van der Waals surface area (Å²) < 4.78 is 36.0. The molecule has 0 saturated carbocycles. The van der Waals surface area contributed by atoms with Gasteiger partial charge in [0.05, 0.1) is 0 Å². The molecule has 0 heterocycles. The Morgan fingerprint density at radius 1 is 1.46 bits per heavy atom. The van der Waals surface area contributed by atoms with Gasteiger partial charge >= 0.3 is 6.18 Å². The fourth-order valence-electron chi connectivity index (χ4n) is 0.680. The molecule has 0 aliphatic rings. The average molecular weight is 193 g/mol. The van der Waals surface area contributed by atoms with Gasteiger partial charge in [0.15, 0.2) is 0 Å². The van der Waals surface area contributed by atoms with E-state index in [1.807, 2.05) is 6.92 Å². The quantitative estimate of drug-likeness (QED) is 0.677. The highest BCUT2D eigenvalue weighted by molar-refractivity contribution is 5.20. The summed E-state index contributed by atoms with van der Waals surface area (Å²) in [5.41, 5.74) is -0.335. The van der Waals surface area contributed by atoms with Crippen molar-refractivity contribution in [1.29, 1.82) is 0 Å². The van der Waals surface area contributed by atoms with Gasteiger partial charge in [0, 0.05) is 17.8 Å².